The fraction of sp³-hybridized carbons (Fsp3) is 0.556. The summed E-state index contributed by atoms with van der Waals surface area (Å²) in [6.07, 6.45) is 0.368. The Morgan fingerprint density at radius 3 is 2.74 bits per heavy atom. The molecule has 1 amide bonds. The third kappa shape index (κ3) is 3.80. The Morgan fingerprint density at radius 2 is 2.00 bits per heavy atom. The number of amidine groups is 1. The molecule has 9 heteroatoms. The van der Waals surface area contributed by atoms with Crippen LogP contribution in [0, 0.1) is 5.92 Å². The maximum atomic E-state index is 12.3. The molecule has 0 spiro atoms. The minimum Gasteiger partial charge on any atom is -0.486 e. The van der Waals surface area contributed by atoms with Gasteiger partial charge in [0.25, 0.3) is 0 Å². The summed E-state index contributed by atoms with van der Waals surface area (Å²) < 4.78 is 35.5. The third-order valence-electron chi connectivity index (χ3n) is 4.67. The lowest BCUT2D eigenvalue weighted by atomic mass is 10.1. The number of benzene rings is 1. The average molecular weight is 411 g/mol. The van der Waals surface area contributed by atoms with Crippen LogP contribution in [0.1, 0.15) is 20.3 Å². The maximum Gasteiger partial charge on any atom is 0.248 e. The molecule has 1 aromatic rings. The highest BCUT2D eigenvalue weighted by atomic mass is 32.2. The largest absolute Gasteiger partial charge is 0.486 e. The molecule has 0 bridgehead atoms. The summed E-state index contributed by atoms with van der Waals surface area (Å²) in [5, 5.41) is 0.455. The van der Waals surface area contributed by atoms with Crippen LogP contribution >= 0.6 is 11.8 Å². The van der Waals surface area contributed by atoms with E-state index >= 15 is 0 Å². The number of aliphatic imine (C=N–C) groups is 1. The highest BCUT2D eigenvalue weighted by Crippen LogP contribution is 2.43. The van der Waals surface area contributed by atoms with Crippen LogP contribution in [0.2, 0.25) is 0 Å². The number of rotatable bonds is 3. The van der Waals surface area contributed by atoms with Gasteiger partial charge in [0.2, 0.25) is 5.91 Å². The lowest BCUT2D eigenvalue weighted by Crippen LogP contribution is -2.37. The SMILES string of the molecule is CC(C)CC(=O)N=C1S[C@@H]2CS(=O)(=O)C[C@@H]2N1c1ccc2c(c1)OCCO2. The van der Waals surface area contributed by atoms with E-state index in [1.807, 2.05) is 36.9 Å². The van der Waals surface area contributed by atoms with Crippen molar-refractivity contribution in [3.8, 4) is 11.5 Å². The Balaban J connectivity index is 1.70. The van der Waals surface area contributed by atoms with Crippen LogP contribution in [0.3, 0.4) is 0 Å². The molecule has 7 nitrogen and oxygen atoms in total. The van der Waals surface area contributed by atoms with E-state index in [0.717, 1.165) is 5.69 Å². The van der Waals surface area contributed by atoms with Crippen LogP contribution in [0.4, 0.5) is 5.69 Å². The van der Waals surface area contributed by atoms with E-state index < -0.39 is 9.84 Å². The molecule has 0 unspecified atom stereocenters. The van der Waals surface area contributed by atoms with Gasteiger partial charge in [0, 0.05) is 23.4 Å². The minimum absolute atomic E-state index is 0.0660. The molecule has 2 fully saturated rings. The predicted molar refractivity (Wildman–Crippen MR) is 106 cm³/mol. The third-order valence-corrected chi connectivity index (χ3v) is 7.88. The molecule has 27 heavy (non-hydrogen) atoms. The number of hydrogen-bond donors (Lipinski definition) is 0. The van der Waals surface area contributed by atoms with Gasteiger partial charge in [-0.1, -0.05) is 25.6 Å². The number of anilines is 1. The van der Waals surface area contributed by atoms with Crippen molar-refractivity contribution >= 4 is 38.4 Å². The van der Waals surface area contributed by atoms with Crippen molar-refractivity contribution in [2.24, 2.45) is 10.9 Å². The molecule has 3 aliphatic heterocycles. The summed E-state index contributed by atoms with van der Waals surface area (Å²) >= 11 is 1.38. The first-order valence-electron chi connectivity index (χ1n) is 9.00. The smallest absolute Gasteiger partial charge is 0.248 e. The van der Waals surface area contributed by atoms with Crippen molar-refractivity contribution in [3.05, 3.63) is 18.2 Å². The summed E-state index contributed by atoms with van der Waals surface area (Å²) in [7, 11) is -3.09. The molecule has 0 radical (unpaired) electrons. The van der Waals surface area contributed by atoms with Crippen molar-refractivity contribution in [3.63, 3.8) is 0 Å². The lowest BCUT2D eigenvalue weighted by Gasteiger charge is -2.26. The molecular formula is C18H22N2O5S2. The highest BCUT2D eigenvalue weighted by molar-refractivity contribution is 8.16. The van der Waals surface area contributed by atoms with Gasteiger partial charge in [-0.15, -0.1) is 0 Å². The van der Waals surface area contributed by atoms with Crippen LogP contribution in [0.15, 0.2) is 23.2 Å². The second-order valence-corrected chi connectivity index (χ2v) is 10.7. The van der Waals surface area contributed by atoms with Crippen molar-refractivity contribution in [2.45, 2.75) is 31.6 Å². The van der Waals surface area contributed by atoms with Gasteiger partial charge in [-0.05, 0) is 18.1 Å². The van der Waals surface area contributed by atoms with E-state index in [2.05, 4.69) is 4.99 Å². The first kappa shape index (κ1) is 18.6. The first-order valence-corrected chi connectivity index (χ1v) is 11.7. The first-order chi connectivity index (χ1) is 12.8. The average Bonchev–Trinajstić information content (AvgIpc) is 3.04. The van der Waals surface area contributed by atoms with E-state index in [4.69, 9.17) is 9.47 Å². The van der Waals surface area contributed by atoms with Crippen LogP contribution in [0.5, 0.6) is 11.5 Å². The zero-order valence-corrected chi connectivity index (χ0v) is 16.9. The number of nitrogens with zero attached hydrogens (tertiary/aromatic N) is 2. The Hall–Kier alpha value is -1.74. The zero-order valence-electron chi connectivity index (χ0n) is 15.3. The molecular weight excluding hydrogens is 388 g/mol. The number of thioether (sulfide) groups is 1. The van der Waals surface area contributed by atoms with Gasteiger partial charge >= 0.3 is 0 Å². The van der Waals surface area contributed by atoms with Crippen LogP contribution in [0.25, 0.3) is 0 Å². The monoisotopic (exact) mass is 410 g/mol. The van der Waals surface area contributed by atoms with Crippen molar-refractivity contribution in [2.75, 3.05) is 29.6 Å². The van der Waals surface area contributed by atoms with Crippen molar-refractivity contribution in [1.82, 2.24) is 0 Å². The van der Waals surface area contributed by atoms with Gasteiger partial charge in [-0.3, -0.25) is 4.79 Å². The Morgan fingerprint density at radius 1 is 1.26 bits per heavy atom. The number of fused-ring (bicyclic) bond motifs is 2. The molecule has 4 rings (SSSR count). The number of hydrogen-bond acceptors (Lipinski definition) is 6. The Kier molecular flexibility index (Phi) is 4.84. The van der Waals surface area contributed by atoms with E-state index in [9.17, 15) is 13.2 Å². The Labute approximate surface area is 163 Å². The van der Waals surface area contributed by atoms with Gasteiger partial charge < -0.3 is 14.4 Å². The second kappa shape index (κ2) is 7.01. The maximum absolute atomic E-state index is 12.3. The fourth-order valence-corrected chi connectivity index (χ4v) is 7.48. The number of carbonyl (C=O) groups excluding carboxylic acids is 1. The molecule has 0 saturated carbocycles. The van der Waals surface area contributed by atoms with Crippen molar-refractivity contribution in [1.29, 1.82) is 0 Å². The zero-order chi connectivity index (χ0) is 19.2. The van der Waals surface area contributed by atoms with Gasteiger partial charge in [-0.25, -0.2) is 8.42 Å². The van der Waals surface area contributed by atoms with Crippen LogP contribution in [-0.2, 0) is 14.6 Å². The summed E-state index contributed by atoms with van der Waals surface area (Å²) in [4.78, 5) is 18.5. The number of amides is 1. The number of carbonyl (C=O) groups is 1. The number of ether oxygens (including phenoxy) is 2. The van der Waals surface area contributed by atoms with Crippen LogP contribution in [-0.4, -0.2) is 55.5 Å². The number of sulfone groups is 1. The quantitative estimate of drug-likeness (QED) is 0.754. The molecule has 0 N–H and O–H groups in total. The Bertz CT molecular complexity index is 897. The normalized spacial score (nSPS) is 27.2. The molecule has 3 aliphatic rings. The summed E-state index contributed by atoms with van der Waals surface area (Å²) in [6.45, 7) is 4.92. The summed E-state index contributed by atoms with van der Waals surface area (Å²) in [5.74, 6) is 1.51. The van der Waals surface area contributed by atoms with E-state index in [1.165, 1.54) is 11.8 Å². The molecule has 0 aromatic heterocycles. The topological polar surface area (TPSA) is 85.3 Å². The van der Waals surface area contributed by atoms with Crippen molar-refractivity contribution < 1.29 is 22.7 Å². The van der Waals surface area contributed by atoms with Gasteiger partial charge in [0.15, 0.2) is 26.5 Å². The van der Waals surface area contributed by atoms with Gasteiger partial charge in [0.1, 0.15) is 13.2 Å². The van der Waals surface area contributed by atoms with Crippen LogP contribution < -0.4 is 14.4 Å². The summed E-state index contributed by atoms with van der Waals surface area (Å²) in [5.41, 5.74) is 0.771. The van der Waals surface area contributed by atoms with E-state index in [0.29, 0.717) is 36.3 Å². The highest BCUT2D eigenvalue weighted by Gasteiger charge is 2.49. The second-order valence-electron chi connectivity index (χ2n) is 7.38. The standard InChI is InChI=1S/C18H22N2O5S2/c1-11(2)7-17(21)19-18-20(13-9-27(22,23)10-16(13)26-18)12-3-4-14-15(8-12)25-6-5-24-14/h3-4,8,11,13,16H,5-7,9-10H2,1-2H3/t13-,16+/m0/s1. The molecule has 146 valence electrons. The van der Waals surface area contributed by atoms with Gasteiger partial charge in [0.05, 0.1) is 17.5 Å². The fourth-order valence-electron chi connectivity index (χ4n) is 3.55. The lowest BCUT2D eigenvalue weighted by molar-refractivity contribution is -0.118. The van der Waals surface area contributed by atoms with E-state index in [-0.39, 0.29) is 34.6 Å². The predicted octanol–water partition coefficient (Wildman–Crippen LogP) is 2.11. The van der Waals surface area contributed by atoms with E-state index in [1.54, 1.807) is 0 Å². The minimum atomic E-state index is -3.09. The summed E-state index contributed by atoms with van der Waals surface area (Å²) in [6, 6.07) is 5.29. The molecule has 0 aliphatic carbocycles. The molecule has 2 saturated heterocycles. The van der Waals surface area contributed by atoms with Gasteiger partial charge in [-0.2, -0.15) is 4.99 Å². The molecule has 2 atom stereocenters. The molecule has 3 heterocycles. The molecule has 1 aromatic carbocycles.